The highest BCUT2D eigenvalue weighted by atomic mass is 16.9. The Kier molecular flexibility index (Phi) is 3.72. The molecule has 21 heavy (non-hydrogen) atoms. The molecule has 5 atom stereocenters. The lowest BCUT2D eigenvalue weighted by Crippen LogP contribution is -2.55. The first-order valence-corrected chi connectivity index (χ1v) is 7.38. The second-order valence-electron chi connectivity index (χ2n) is 6.47. The molecule has 3 heterocycles. The van der Waals surface area contributed by atoms with Crippen molar-refractivity contribution >= 4 is 5.87 Å². The topological polar surface area (TPSA) is 58.5 Å². The van der Waals surface area contributed by atoms with E-state index < -0.39 is 17.9 Å². The highest BCUT2D eigenvalue weighted by molar-refractivity contribution is 5.50. The SMILES string of the molecule is CC=C=NC[C@H]1O[C@@H]2OC(C)(C)O[C@@H]2[C@H]2OC(C)(C)O[C@H]21. The summed E-state index contributed by atoms with van der Waals surface area (Å²) in [6.07, 6.45) is 0.353. The third-order valence-corrected chi connectivity index (χ3v) is 3.74. The predicted molar refractivity (Wildman–Crippen MR) is 75.1 cm³/mol. The summed E-state index contributed by atoms with van der Waals surface area (Å²) >= 11 is 0. The Morgan fingerprint density at radius 1 is 0.952 bits per heavy atom. The van der Waals surface area contributed by atoms with Crippen molar-refractivity contribution in [2.45, 2.75) is 76.9 Å². The summed E-state index contributed by atoms with van der Waals surface area (Å²) in [5, 5.41) is 0. The third-order valence-electron chi connectivity index (χ3n) is 3.74. The maximum atomic E-state index is 6.02. The van der Waals surface area contributed by atoms with Gasteiger partial charge < -0.3 is 23.7 Å². The molecule has 0 saturated carbocycles. The maximum Gasteiger partial charge on any atom is 0.190 e. The number of hydrogen-bond donors (Lipinski definition) is 0. The molecule has 0 amide bonds. The average Bonchev–Trinajstić information content (AvgIpc) is 2.84. The fourth-order valence-electron chi connectivity index (χ4n) is 3.07. The van der Waals surface area contributed by atoms with E-state index in [1.165, 1.54) is 0 Å². The van der Waals surface area contributed by atoms with Gasteiger partial charge >= 0.3 is 0 Å². The molecule has 118 valence electrons. The van der Waals surface area contributed by atoms with Crippen molar-refractivity contribution in [1.29, 1.82) is 0 Å². The molecule has 0 aromatic rings. The average molecular weight is 297 g/mol. The Morgan fingerprint density at radius 3 is 2.29 bits per heavy atom. The van der Waals surface area contributed by atoms with E-state index in [9.17, 15) is 0 Å². The van der Waals surface area contributed by atoms with Crippen LogP contribution in [-0.4, -0.2) is 54.7 Å². The summed E-state index contributed by atoms with van der Waals surface area (Å²) in [6, 6.07) is 0. The molecule has 3 aliphatic heterocycles. The molecule has 0 bridgehead atoms. The smallest absolute Gasteiger partial charge is 0.190 e. The van der Waals surface area contributed by atoms with Crippen LogP contribution in [0.3, 0.4) is 0 Å². The zero-order valence-electron chi connectivity index (χ0n) is 13.2. The van der Waals surface area contributed by atoms with Crippen molar-refractivity contribution in [3.05, 3.63) is 6.08 Å². The van der Waals surface area contributed by atoms with Gasteiger partial charge in [0.2, 0.25) is 0 Å². The van der Waals surface area contributed by atoms with Crippen LogP contribution in [0.1, 0.15) is 34.6 Å². The number of ether oxygens (including phenoxy) is 5. The van der Waals surface area contributed by atoms with E-state index in [2.05, 4.69) is 10.9 Å². The predicted octanol–water partition coefficient (Wildman–Crippen LogP) is 1.63. The highest BCUT2D eigenvalue weighted by Gasteiger charge is 2.60. The Balaban J connectivity index is 1.83. The first kappa shape index (κ1) is 15.2. The Bertz CT molecular complexity index is 469. The van der Waals surface area contributed by atoms with E-state index in [-0.39, 0.29) is 24.4 Å². The Hall–Kier alpha value is -0.750. The summed E-state index contributed by atoms with van der Waals surface area (Å²) in [6.45, 7) is 9.87. The molecule has 3 rings (SSSR count). The molecule has 0 spiro atoms. The number of fused-ring (bicyclic) bond motifs is 3. The summed E-state index contributed by atoms with van der Waals surface area (Å²) in [7, 11) is 0. The second kappa shape index (κ2) is 5.16. The van der Waals surface area contributed by atoms with Gasteiger partial charge in [-0.3, -0.25) is 0 Å². The van der Waals surface area contributed by atoms with Crippen LogP contribution in [0.2, 0.25) is 0 Å². The number of aliphatic imine (C=N–C) groups is 1. The monoisotopic (exact) mass is 297 g/mol. The van der Waals surface area contributed by atoms with Gasteiger partial charge in [-0.2, -0.15) is 0 Å². The minimum atomic E-state index is -0.683. The minimum Gasteiger partial charge on any atom is -0.342 e. The van der Waals surface area contributed by atoms with Crippen molar-refractivity contribution in [3.8, 4) is 0 Å². The zero-order chi connectivity index (χ0) is 15.3. The van der Waals surface area contributed by atoms with Gasteiger partial charge in [0.15, 0.2) is 17.9 Å². The van der Waals surface area contributed by atoms with Gasteiger partial charge in [0.05, 0.1) is 6.54 Å². The largest absolute Gasteiger partial charge is 0.342 e. The van der Waals surface area contributed by atoms with Crippen LogP contribution in [-0.2, 0) is 23.7 Å². The van der Waals surface area contributed by atoms with Crippen molar-refractivity contribution in [3.63, 3.8) is 0 Å². The van der Waals surface area contributed by atoms with Gasteiger partial charge in [0.25, 0.3) is 0 Å². The van der Waals surface area contributed by atoms with Crippen LogP contribution in [0, 0.1) is 0 Å². The van der Waals surface area contributed by atoms with Crippen LogP contribution in [0.25, 0.3) is 0 Å². The molecular weight excluding hydrogens is 274 g/mol. The van der Waals surface area contributed by atoms with Gasteiger partial charge in [0.1, 0.15) is 24.4 Å². The molecule has 0 N–H and O–H groups in total. The summed E-state index contributed by atoms with van der Waals surface area (Å²) in [5.41, 5.74) is 0. The lowest BCUT2D eigenvalue weighted by molar-refractivity contribution is -0.231. The number of nitrogens with zero attached hydrogens (tertiary/aromatic N) is 1. The highest BCUT2D eigenvalue weighted by Crippen LogP contribution is 2.44. The molecule has 0 radical (unpaired) electrons. The van der Waals surface area contributed by atoms with E-state index in [0.29, 0.717) is 6.54 Å². The Labute approximate surface area is 125 Å². The molecule has 0 aromatic carbocycles. The van der Waals surface area contributed by atoms with E-state index >= 15 is 0 Å². The van der Waals surface area contributed by atoms with Gasteiger partial charge in [-0.1, -0.05) is 0 Å². The molecule has 3 aliphatic rings. The standard InChI is InChI=1S/C15H23NO5/c1-6-7-16-8-9-10-11(19-14(2,3)18-10)12-13(17-9)21-15(4,5)20-12/h6,9-13H,8H2,1-5H3/t9-,10+,11+,12-,13-/m1/s1. The van der Waals surface area contributed by atoms with Crippen molar-refractivity contribution in [1.82, 2.24) is 0 Å². The van der Waals surface area contributed by atoms with Crippen LogP contribution in [0.15, 0.2) is 11.1 Å². The minimum absolute atomic E-state index is 0.216. The van der Waals surface area contributed by atoms with E-state index in [4.69, 9.17) is 23.7 Å². The van der Waals surface area contributed by atoms with Gasteiger partial charge in [-0.05, 0) is 46.6 Å². The van der Waals surface area contributed by atoms with Crippen LogP contribution < -0.4 is 0 Å². The summed E-state index contributed by atoms with van der Waals surface area (Å²) in [5.74, 6) is 1.48. The van der Waals surface area contributed by atoms with Gasteiger partial charge in [-0.15, -0.1) is 0 Å². The molecular formula is C15H23NO5. The summed E-state index contributed by atoms with van der Waals surface area (Å²) < 4.78 is 29.8. The Morgan fingerprint density at radius 2 is 1.57 bits per heavy atom. The van der Waals surface area contributed by atoms with Crippen molar-refractivity contribution in [2.24, 2.45) is 4.99 Å². The first-order chi connectivity index (χ1) is 9.81. The molecule has 0 aromatic heterocycles. The zero-order valence-corrected chi connectivity index (χ0v) is 13.2. The van der Waals surface area contributed by atoms with Crippen molar-refractivity contribution < 1.29 is 23.7 Å². The lowest BCUT2D eigenvalue weighted by Gasteiger charge is -2.36. The summed E-state index contributed by atoms with van der Waals surface area (Å²) in [4.78, 5) is 4.21. The quantitative estimate of drug-likeness (QED) is 0.725. The molecule has 6 nitrogen and oxygen atoms in total. The number of hydrogen-bond acceptors (Lipinski definition) is 6. The normalized spacial score (nSPS) is 42.8. The van der Waals surface area contributed by atoms with E-state index in [1.807, 2.05) is 34.6 Å². The number of allylic oxidation sites excluding steroid dienone is 1. The second-order valence-corrected chi connectivity index (χ2v) is 6.47. The molecule has 0 aliphatic carbocycles. The molecule has 3 saturated heterocycles. The fourth-order valence-corrected chi connectivity index (χ4v) is 3.07. The molecule has 3 fully saturated rings. The van der Waals surface area contributed by atoms with Crippen LogP contribution >= 0.6 is 0 Å². The fraction of sp³-hybridized carbons (Fsp3) is 0.867. The van der Waals surface area contributed by atoms with Crippen LogP contribution in [0.5, 0.6) is 0 Å². The number of rotatable bonds is 2. The lowest BCUT2D eigenvalue weighted by atomic mass is 9.99. The maximum absolute atomic E-state index is 6.02. The van der Waals surface area contributed by atoms with Gasteiger partial charge in [0, 0.05) is 0 Å². The third kappa shape index (κ3) is 2.93. The van der Waals surface area contributed by atoms with Crippen molar-refractivity contribution in [2.75, 3.05) is 6.54 Å². The van der Waals surface area contributed by atoms with Gasteiger partial charge in [-0.25, -0.2) is 4.99 Å². The first-order valence-electron chi connectivity index (χ1n) is 7.38. The van der Waals surface area contributed by atoms with E-state index in [0.717, 1.165) is 0 Å². The molecule has 0 unspecified atom stereocenters. The van der Waals surface area contributed by atoms with Crippen LogP contribution in [0.4, 0.5) is 0 Å². The van der Waals surface area contributed by atoms with E-state index in [1.54, 1.807) is 6.08 Å². The molecule has 6 heteroatoms.